The van der Waals surface area contributed by atoms with Crippen LogP contribution in [-0.2, 0) is 12.2 Å². The Morgan fingerprint density at radius 3 is 2.90 bits per heavy atom. The van der Waals surface area contributed by atoms with Crippen molar-refractivity contribution in [3.8, 4) is 5.75 Å². The highest BCUT2D eigenvalue weighted by molar-refractivity contribution is 7.98. The summed E-state index contributed by atoms with van der Waals surface area (Å²) in [7, 11) is 1.68. The minimum absolute atomic E-state index is 0. The molecule has 0 spiro atoms. The highest BCUT2D eigenvalue weighted by Gasteiger charge is 2.20. The summed E-state index contributed by atoms with van der Waals surface area (Å²) in [4.78, 5) is 5.52. The zero-order chi connectivity index (χ0) is 13.8. The quantitative estimate of drug-likeness (QED) is 0.823. The van der Waals surface area contributed by atoms with E-state index in [1.54, 1.807) is 18.9 Å². The van der Waals surface area contributed by atoms with Crippen LogP contribution in [0.4, 0.5) is 0 Å². The number of thioether (sulfide) groups is 1. The van der Waals surface area contributed by atoms with Crippen molar-refractivity contribution >= 4 is 24.2 Å². The first-order valence-corrected chi connectivity index (χ1v) is 7.61. The number of hydrogen-bond acceptors (Lipinski definition) is 6. The molecule has 0 radical (unpaired) electrons. The van der Waals surface area contributed by atoms with E-state index in [0.29, 0.717) is 17.6 Å². The monoisotopic (exact) mass is 327 g/mol. The van der Waals surface area contributed by atoms with Gasteiger partial charge in [0, 0.05) is 11.3 Å². The van der Waals surface area contributed by atoms with Crippen LogP contribution in [0.3, 0.4) is 0 Å². The number of ether oxygens (including phenoxy) is 1. The van der Waals surface area contributed by atoms with Crippen LogP contribution in [0, 0.1) is 5.92 Å². The fourth-order valence-electron chi connectivity index (χ4n) is 2.06. The molecule has 3 rings (SSSR count). The second-order valence-electron chi connectivity index (χ2n) is 4.77. The van der Waals surface area contributed by atoms with Crippen molar-refractivity contribution in [3.05, 3.63) is 36.0 Å². The fourth-order valence-corrected chi connectivity index (χ4v) is 2.92. The van der Waals surface area contributed by atoms with Crippen molar-refractivity contribution in [1.82, 2.24) is 15.5 Å². The fraction of sp³-hybridized carbons (Fsp3) is 0.429. The Bertz CT molecular complexity index is 575. The molecule has 114 valence electrons. The van der Waals surface area contributed by atoms with Gasteiger partial charge in [0.15, 0.2) is 5.82 Å². The van der Waals surface area contributed by atoms with Crippen molar-refractivity contribution in [2.45, 2.75) is 17.1 Å². The van der Waals surface area contributed by atoms with Crippen LogP contribution in [0.25, 0.3) is 0 Å². The lowest BCUT2D eigenvalue weighted by Gasteiger charge is -2.25. The highest BCUT2D eigenvalue weighted by Crippen LogP contribution is 2.30. The van der Waals surface area contributed by atoms with Crippen molar-refractivity contribution < 1.29 is 9.26 Å². The Labute approximate surface area is 134 Å². The zero-order valence-electron chi connectivity index (χ0n) is 11.7. The maximum Gasteiger partial charge on any atom is 0.237 e. The molecule has 1 N–H and O–H groups in total. The van der Waals surface area contributed by atoms with Gasteiger partial charge in [-0.25, -0.2) is 0 Å². The van der Waals surface area contributed by atoms with E-state index in [-0.39, 0.29) is 12.4 Å². The molecule has 2 heterocycles. The minimum Gasteiger partial charge on any atom is -0.496 e. The molecule has 5 nitrogen and oxygen atoms in total. The van der Waals surface area contributed by atoms with E-state index in [0.717, 1.165) is 36.0 Å². The summed E-state index contributed by atoms with van der Waals surface area (Å²) in [6.45, 7) is 2.11. The molecule has 1 aliphatic rings. The van der Waals surface area contributed by atoms with Gasteiger partial charge in [-0.3, -0.25) is 0 Å². The number of methoxy groups -OCH3 is 1. The Balaban J connectivity index is 0.00000161. The molecule has 1 saturated heterocycles. The van der Waals surface area contributed by atoms with Gasteiger partial charge in [-0.2, -0.15) is 4.98 Å². The third kappa shape index (κ3) is 4.12. The van der Waals surface area contributed by atoms with E-state index >= 15 is 0 Å². The van der Waals surface area contributed by atoms with Crippen LogP contribution in [0.5, 0.6) is 5.75 Å². The number of nitrogens with one attached hydrogen (secondary N) is 1. The number of hydrogen-bond donors (Lipinski definition) is 1. The third-order valence-electron chi connectivity index (χ3n) is 3.27. The lowest BCUT2D eigenvalue weighted by Crippen LogP contribution is -2.43. The van der Waals surface area contributed by atoms with Gasteiger partial charge < -0.3 is 14.6 Å². The summed E-state index contributed by atoms with van der Waals surface area (Å²) in [5.74, 6) is 3.67. The average Bonchev–Trinajstić information content (AvgIpc) is 2.89. The smallest absolute Gasteiger partial charge is 0.237 e. The van der Waals surface area contributed by atoms with Crippen LogP contribution >= 0.6 is 24.2 Å². The second-order valence-corrected chi connectivity index (χ2v) is 5.79. The van der Waals surface area contributed by atoms with Crippen LogP contribution < -0.4 is 10.1 Å². The topological polar surface area (TPSA) is 60.2 Å². The van der Waals surface area contributed by atoms with Gasteiger partial charge in [-0.05, 0) is 31.1 Å². The molecule has 1 aromatic heterocycles. The first-order chi connectivity index (χ1) is 9.85. The van der Waals surface area contributed by atoms with E-state index in [1.807, 2.05) is 24.3 Å². The Morgan fingerprint density at radius 1 is 1.38 bits per heavy atom. The van der Waals surface area contributed by atoms with Crippen molar-refractivity contribution in [1.29, 1.82) is 0 Å². The zero-order valence-corrected chi connectivity index (χ0v) is 13.4. The Kier molecular flexibility index (Phi) is 5.90. The molecular weight excluding hydrogens is 310 g/mol. The molecule has 21 heavy (non-hydrogen) atoms. The van der Waals surface area contributed by atoms with E-state index in [9.17, 15) is 0 Å². The molecule has 1 fully saturated rings. The summed E-state index contributed by atoms with van der Waals surface area (Å²) < 4.78 is 10.6. The largest absolute Gasteiger partial charge is 0.496 e. The molecule has 1 aliphatic heterocycles. The number of para-hydroxylation sites is 1. The first-order valence-electron chi connectivity index (χ1n) is 6.63. The van der Waals surface area contributed by atoms with Gasteiger partial charge in [0.05, 0.1) is 12.9 Å². The van der Waals surface area contributed by atoms with Crippen LogP contribution in [-0.4, -0.2) is 30.3 Å². The lowest BCUT2D eigenvalue weighted by molar-refractivity contribution is 0.330. The van der Waals surface area contributed by atoms with Gasteiger partial charge >= 0.3 is 0 Å². The molecule has 2 aromatic rings. The van der Waals surface area contributed by atoms with Crippen LogP contribution in [0.1, 0.15) is 11.7 Å². The van der Waals surface area contributed by atoms with E-state index in [1.165, 1.54) is 0 Å². The summed E-state index contributed by atoms with van der Waals surface area (Å²) in [5, 5.41) is 7.28. The minimum atomic E-state index is 0. The van der Waals surface area contributed by atoms with Gasteiger partial charge in [-0.1, -0.05) is 17.3 Å². The molecule has 0 bridgehead atoms. The standard InChI is InChI=1S/C14H17N3O2S.ClH/c1-18-11-4-2-3-5-12(11)20-9-14-16-13(17-19-14)6-10-7-15-8-10;/h2-5,10,15H,6-9H2,1H3;1H. The summed E-state index contributed by atoms with van der Waals surface area (Å²) in [6, 6.07) is 7.93. The number of nitrogens with zero attached hydrogens (tertiary/aromatic N) is 2. The van der Waals surface area contributed by atoms with E-state index in [4.69, 9.17) is 9.26 Å². The average molecular weight is 328 g/mol. The molecule has 0 aliphatic carbocycles. The normalized spacial score (nSPS) is 14.3. The van der Waals surface area contributed by atoms with Crippen LogP contribution in [0.15, 0.2) is 33.7 Å². The first kappa shape index (κ1) is 16.1. The highest BCUT2D eigenvalue weighted by atomic mass is 35.5. The molecule has 0 atom stereocenters. The Morgan fingerprint density at radius 2 is 2.19 bits per heavy atom. The number of benzene rings is 1. The van der Waals surface area contributed by atoms with Gasteiger partial charge in [0.25, 0.3) is 0 Å². The number of halogens is 1. The van der Waals surface area contributed by atoms with Gasteiger partial charge in [-0.15, -0.1) is 24.2 Å². The maximum atomic E-state index is 5.32. The van der Waals surface area contributed by atoms with E-state index < -0.39 is 0 Å². The van der Waals surface area contributed by atoms with Gasteiger partial charge in [0.1, 0.15) is 5.75 Å². The molecule has 0 saturated carbocycles. The predicted molar refractivity (Wildman–Crippen MR) is 84.2 cm³/mol. The summed E-state index contributed by atoms with van der Waals surface area (Å²) >= 11 is 1.64. The third-order valence-corrected chi connectivity index (χ3v) is 4.31. The molecule has 0 unspecified atom stereocenters. The summed E-state index contributed by atoms with van der Waals surface area (Å²) in [6.07, 6.45) is 0.899. The molecular formula is C14H18ClN3O2S. The molecule has 0 amide bonds. The van der Waals surface area contributed by atoms with Crippen molar-refractivity contribution in [3.63, 3.8) is 0 Å². The van der Waals surface area contributed by atoms with E-state index in [2.05, 4.69) is 15.5 Å². The molecule has 7 heteroatoms. The number of aromatic nitrogens is 2. The lowest BCUT2D eigenvalue weighted by atomic mass is 9.99. The summed E-state index contributed by atoms with van der Waals surface area (Å²) in [5.41, 5.74) is 0. The van der Waals surface area contributed by atoms with Crippen molar-refractivity contribution in [2.75, 3.05) is 20.2 Å². The SMILES string of the molecule is COc1ccccc1SCc1nc(CC2CNC2)no1.Cl. The van der Waals surface area contributed by atoms with Crippen LogP contribution in [0.2, 0.25) is 0 Å². The number of rotatable bonds is 6. The Hall–Kier alpha value is -1.24. The maximum absolute atomic E-state index is 5.32. The molecule has 1 aromatic carbocycles. The predicted octanol–water partition coefficient (Wildman–Crippen LogP) is 2.55. The second kappa shape index (κ2) is 7.68. The van der Waals surface area contributed by atoms with Gasteiger partial charge in [0.2, 0.25) is 5.89 Å². The van der Waals surface area contributed by atoms with Crippen molar-refractivity contribution in [2.24, 2.45) is 5.92 Å².